The van der Waals surface area contributed by atoms with Crippen LogP contribution >= 0.6 is 11.3 Å². The minimum absolute atomic E-state index is 0.0289. The number of thiazole rings is 1. The highest BCUT2D eigenvalue weighted by Gasteiger charge is 2.30. The van der Waals surface area contributed by atoms with Gasteiger partial charge in [0.2, 0.25) is 0 Å². The molecule has 0 atom stereocenters. The SMILES string of the molecule is CCCN(c1nc(CC(=O)O)cs1)C1CC1. The van der Waals surface area contributed by atoms with E-state index in [1.165, 1.54) is 12.8 Å². The molecule has 1 fully saturated rings. The third-order valence-electron chi connectivity index (χ3n) is 2.57. The highest BCUT2D eigenvalue weighted by atomic mass is 32.1. The molecule has 1 N–H and O–H groups in total. The summed E-state index contributed by atoms with van der Waals surface area (Å²) in [5, 5.41) is 11.5. The maximum Gasteiger partial charge on any atom is 0.309 e. The van der Waals surface area contributed by atoms with Gasteiger partial charge in [0.15, 0.2) is 5.13 Å². The van der Waals surface area contributed by atoms with Crippen molar-refractivity contribution in [2.45, 2.75) is 38.6 Å². The molecule has 0 aliphatic heterocycles. The Bertz CT molecular complexity index is 374. The zero-order chi connectivity index (χ0) is 11.5. The van der Waals surface area contributed by atoms with Gasteiger partial charge < -0.3 is 10.0 Å². The van der Waals surface area contributed by atoms with Gasteiger partial charge in [-0.1, -0.05) is 6.92 Å². The Morgan fingerprint density at radius 3 is 3.00 bits per heavy atom. The van der Waals surface area contributed by atoms with E-state index in [0.717, 1.165) is 18.1 Å². The number of hydrogen-bond donors (Lipinski definition) is 1. The predicted octanol–water partition coefficient (Wildman–Crippen LogP) is 2.15. The van der Waals surface area contributed by atoms with Gasteiger partial charge in [-0.05, 0) is 19.3 Å². The second-order valence-corrected chi connectivity index (χ2v) is 4.95. The zero-order valence-electron chi connectivity index (χ0n) is 9.35. The van der Waals surface area contributed by atoms with Crippen LogP contribution in [0.1, 0.15) is 31.9 Å². The van der Waals surface area contributed by atoms with E-state index in [4.69, 9.17) is 5.11 Å². The molecule has 1 heterocycles. The van der Waals surface area contributed by atoms with Gasteiger partial charge in [0.05, 0.1) is 12.1 Å². The summed E-state index contributed by atoms with van der Waals surface area (Å²) < 4.78 is 0. The van der Waals surface area contributed by atoms with E-state index >= 15 is 0 Å². The van der Waals surface area contributed by atoms with E-state index < -0.39 is 5.97 Å². The molecule has 5 heteroatoms. The number of carbonyl (C=O) groups is 1. The van der Waals surface area contributed by atoms with Gasteiger partial charge in [0.25, 0.3) is 0 Å². The van der Waals surface area contributed by atoms with Gasteiger partial charge >= 0.3 is 5.97 Å². The molecule has 16 heavy (non-hydrogen) atoms. The van der Waals surface area contributed by atoms with Crippen molar-refractivity contribution in [3.05, 3.63) is 11.1 Å². The van der Waals surface area contributed by atoms with Crippen molar-refractivity contribution in [1.82, 2.24) is 4.98 Å². The van der Waals surface area contributed by atoms with Gasteiger partial charge in [-0.25, -0.2) is 4.98 Å². The Kier molecular flexibility index (Phi) is 3.43. The van der Waals surface area contributed by atoms with Crippen LogP contribution in [0.15, 0.2) is 5.38 Å². The topological polar surface area (TPSA) is 53.4 Å². The number of rotatable bonds is 6. The average Bonchev–Trinajstić information content (AvgIpc) is 2.96. The lowest BCUT2D eigenvalue weighted by Crippen LogP contribution is -2.26. The molecule has 0 unspecified atom stereocenters. The van der Waals surface area contributed by atoms with Crippen LogP contribution in [-0.4, -0.2) is 28.6 Å². The normalized spacial score (nSPS) is 15.1. The number of aliphatic carboxylic acids is 1. The van der Waals surface area contributed by atoms with Crippen molar-refractivity contribution in [2.24, 2.45) is 0 Å². The molecule has 1 aliphatic carbocycles. The first-order chi connectivity index (χ1) is 7.70. The monoisotopic (exact) mass is 240 g/mol. The number of carboxylic acid groups (broad SMARTS) is 1. The molecule has 0 amide bonds. The minimum Gasteiger partial charge on any atom is -0.481 e. The molecule has 4 nitrogen and oxygen atoms in total. The maximum absolute atomic E-state index is 10.6. The van der Waals surface area contributed by atoms with E-state index in [1.807, 2.05) is 5.38 Å². The van der Waals surface area contributed by atoms with Gasteiger partial charge in [-0.3, -0.25) is 4.79 Å². The molecular weight excluding hydrogens is 224 g/mol. The highest BCUT2D eigenvalue weighted by molar-refractivity contribution is 7.13. The second-order valence-electron chi connectivity index (χ2n) is 4.12. The Hall–Kier alpha value is -1.10. The predicted molar refractivity (Wildman–Crippen MR) is 64.1 cm³/mol. The van der Waals surface area contributed by atoms with Crippen molar-refractivity contribution in [2.75, 3.05) is 11.4 Å². The van der Waals surface area contributed by atoms with Crippen LogP contribution in [0.3, 0.4) is 0 Å². The van der Waals surface area contributed by atoms with Crippen LogP contribution in [0.4, 0.5) is 5.13 Å². The summed E-state index contributed by atoms with van der Waals surface area (Å²) in [6.07, 6.45) is 3.62. The molecule has 1 aromatic rings. The lowest BCUT2D eigenvalue weighted by Gasteiger charge is -2.20. The molecule has 2 rings (SSSR count). The molecule has 88 valence electrons. The number of anilines is 1. The van der Waals surface area contributed by atoms with E-state index in [9.17, 15) is 4.79 Å². The molecule has 1 aliphatic rings. The highest BCUT2D eigenvalue weighted by Crippen LogP contribution is 2.33. The number of hydrogen-bond acceptors (Lipinski definition) is 4. The third-order valence-corrected chi connectivity index (χ3v) is 3.50. The van der Waals surface area contributed by atoms with Crippen LogP contribution in [0, 0.1) is 0 Å². The Morgan fingerprint density at radius 1 is 1.69 bits per heavy atom. The van der Waals surface area contributed by atoms with Crippen LogP contribution in [0.25, 0.3) is 0 Å². The van der Waals surface area contributed by atoms with Gasteiger partial charge in [-0.2, -0.15) is 0 Å². The fourth-order valence-corrected chi connectivity index (χ4v) is 2.65. The van der Waals surface area contributed by atoms with Crippen molar-refractivity contribution in [3.63, 3.8) is 0 Å². The van der Waals surface area contributed by atoms with Crippen LogP contribution in [-0.2, 0) is 11.2 Å². The average molecular weight is 240 g/mol. The fraction of sp³-hybridized carbons (Fsp3) is 0.636. The van der Waals surface area contributed by atoms with E-state index in [2.05, 4.69) is 16.8 Å². The van der Waals surface area contributed by atoms with Crippen molar-refractivity contribution in [3.8, 4) is 0 Å². The molecule has 0 radical (unpaired) electrons. The Morgan fingerprint density at radius 2 is 2.44 bits per heavy atom. The largest absolute Gasteiger partial charge is 0.481 e. The molecule has 0 saturated heterocycles. The first kappa shape index (κ1) is 11.4. The van der Waals surface area contributed by atoms with Crippen molar-refractivity contribution in [1.29, 1.82) is 0 Å². The summed E-state index contributed by atoms with van der Waals surface area (Å²) in [5.41, 5.74) is 0.675. The number of nitrogens with zero attached hydrogens (tertiary/aromatic N) is 2. The van der Waals surface area contributed by atoms with Crippen LogP contribution < -0.4 is 4.90 Å². The number of carboxylic acids is 1. The summed E-state index contributed by atoms with van der Waals surface area (Å²) in [6, 6.07) is 0.642. The van der Waals surface area contributed by atoms with Gasteiger partial charge in [0, 0.05) is 18.0 Å². The van der Waals surface area contributed by atoms with E-state index in [-0.39, 0.29) is 6.42 Å². The molecule has 1 saturated carbocycles. The summed E-state index contributed by atoms with van der Waals surface area (Å²) in [6.45, 7) is 3.17. The van der Waals surface area contributed by atoms with Crippen LogP contribution in [0.5, 0.6) is 0 Å². The quantitative estimate of drug-likeness (QED) is 0.827. The zero-order valence-corrected chi connectivity index (χ0v) is 10.2. The minimum atomic E-state index is -0.815. The molecule has 0 spiro atoms. The smallest absolute Gasteiger partial charge is 0.309 e. The molecule has 1 aromatic heterocycles. The van der Waals surface area contributed by atoms with Gasteiger partial charge in [0.1, 0.15) is 0 Å². The Labute approximate surface area is 98.9 Å². The van der Waals surface area contributed by atoms with Crippen LogP contribution in [0.2, 0.25) is 0 Å². The molecular formula is C11H16N2O2S. The first-order valence-electron chi connectivity index (χ1n) is 5.63. The standard InChI is InChI=1S/C11H16N2O2S/c1-2-5-13(9-3-4-9)11-12-8(7-16-11)6-10(14)15/h7,9H,2-6H2,1H3,(H,14,15). The van der Waals surface area contributed by atoms with Crippen molar-refractivity contribution < 1.29 is 9.90 Å². The summed E-state index contributed by atoms with van der Waals surface area (Å²) >= 11 is 1.56. The summed E-state index contributed by atoms with van der Waals surface area (Å²) in [5.74, 6) is -0.815. The van der Waals surface area contributed by atoms with Gasteiger partial charge in [-0.15, -0.1) is 11.3 Å². The lowest BCUT2D eigenvalue weighted by molar-refractivity contribution is -0.136. The Balaban J connectivity index is 2.06. The first-order valence-corrected chi connectivity index (χ1v) is 6.51. The fourth-order valence-electron chi connectivity index (χ4n) is 1.73. The molecule has 0 aromatic carbocycles. The summed E-state index contributed by atoms with van der Waals surface area (Å²) in [4.78, 5) is 17.3. The van der Waals surface area contributed by atoms with E-state index in [0.29, 0.717) is 11.7 Å². The van der Waals surface area contributed by atoms with Crippen molar-refractivity contribution >= 4 is 22.4 Å². The molecule has 0 bridgehead atoms. The van der Waals surface area contributed by atoms with E-state index in [1.54, 1.807) is 11.3 Å². The second kappa shape index (κ2) is 4.82. The summed E-state index contributed by atoms with van der Waals surface area (Å²) in [7, 11) is 0. The third kappa shape index (κ3) is 2.72. The maximum atomic E-state index is 10.6. The lowest BCUT2D eigenvalue weighted by atomic mass is 10.3. The number of aromatic nitrogens is 1.